The van der Waals surface area contributed by atoms with Crippen LogP contribution in [0.25, 0.3) is 17.0 Å². The quantitative estimate of drug-likeness (QED) is 0.340. The molecule has 3 rings (SSSR count). The Morgan fingerprint density at radius 1 is 1.23 bits per heavy atom. The van der Waals surface area contributed by atoms with Crippen LogP contribution in [0.3, 0.4) is 0 Å². The van der Waals surface area contributed by atoms with Crippen LogP contribution in [0.2, 0.25) is 10.0 Å². The molecule has 0 fully saturated rings. The Kier molecular flexibility index (Phi) is 5.25. The van der Waals surface area contributed by atoms with Gasteiger partial charge in [-0.1, -0.05) is 29.3 Å². The lowest BCUT2D eigenvalue weighted by Gasteiger charge is -2.10. The first kappa shape index (κ1) is 18.4. The number of ketones is 1. The van der Waals surface area contributed by atoms with Gasteiger partial charge in [-0.15, -0.1) is 0 Å². The smallest absolute Gasteiger partial charge is 0.218 e. The van der Waals surface area contributed by atoms with Crippen molar-refractivity contribution >= 4 is 52.3 Å². The van der Waals surface area contributed by atoms with Crippen molar-refractivity contribution in [3.05, 3.63) is 75.2 Å². The molecule has 6 heteroatoms. The van der Waals surface area contributed by atoms with Crippen molar-refractivity contribution in [2.45, 2.75) is 13.5 Å². The zero-order chi connectivity index (χ0) is 18.8. The van der Waals surface area contributed by atoms with Gasteiger partial charge in [-0.05, 0) is 54.5 Å². The number of aldehydes is 1. The van der Waals surface area contributed by atoms with Crippen LogP contribution in [0.15, 0.2) is 42.6 Å². The second-order valence-corrected chi connectivity index (χ2v) is 6.76. The Morgan fingerprint density at radius 2 is 2.00 bits per heavy atom. The van der Waals surface area contributed by atoms with Crippen molar-refractivity contribution in [3.8, 4) is 0 Å². The van der Waals surface area contributed by atoms with Crippen LogP contribution in [0.5, 0.6) is 0 Å². The highest BCUT2D eigenvalue weighted by molar-refractivity contribution is 6.35. The number of fused-ring (bicyclic) bond motifs is 1. The van der Waals surface area contributed by atoms with Crippen LogP contribution >= 0.6 is 23.2 Å². The molecule has 3 nitrogen and oxygen atoms in total. The summed E-state index contributed by atoms with van der Waals surface area (Å²) < 4.78 is 15.9. The number of allylic oxidation sites excluding steroid dienone is 1. The average Bonchev–Trinajstić information content (AvgIpc) is 2.90. The summed E-state index contributed by atoms with van der Waals surface area (Å²) in [6, 6.07) is 8.03. The Morgan fingerprint density at radius 3 is 2.69 bits per heavy atom. The molecule has 132 valence electrons. The number of nitrogens with zero attached hydrogens (tertiary/aromatic N) is 1. The van der Waals surface area contributed by atoms with E-state index in [-0.39, 0.29) is 6.29 Å². The topological polar surface area (TPSA) is 39.1 Å². The van der Waals surface area contributed by atoms with E-state index < -0.39 is 11.6 Å². The number of halogens is 3. The standard InChI is InChI=1S/C20H14Cl2FNO2/c1-12-9-24(10-14-2-4-15(21)7-19(14)22)20-13(3-5-17(26)11-25)6-16(23)8-18(12)20/h2-9,11H,10H2,1H3. The lowest BCUT2D eigenvalue weighted by Crippen LogP contribution is -2.00. The molecule has 0 aliphatic carbocycles. The predicted molar refractivity (Wildman–Crippen MR) is 102 cm³/mol. The van der Waals surface area contributed by atoms with Gasteiger partial charge in [-0.2, -0.15) is 0 Å². The van der Waals surface area contributed by atoms with Gasteiger partial charge in [0.2, 0.25) is 5.78 Å². The maximum absolute atomic E-state index is 14.0. The summed E-state index contributed by atoms with van der Waals surface area (Å²) in [4.78, 5) is 21.8. The first-order valence-electron chi connectivity index (χ1n) is 7.79. The fourth-order valence-electron chi connectivity index (χ4n) is 2.91. The molecule has 0 N–H and O–H groups in total. The number of carbonyl (C=O) groups is 2. The molecule has 0 saturated carbocycles. The number of benzene rings is 2. The Bertz CT molecular complexity index is 1050. The molecule has 0 radical (unpaired) electrons. The first-order valence-corrected chi connectivity index (χ1v) is 8.55. The molecule has 26 heavy (non-hydrogen) atoms. The van der Waals surface area contributed by atoms with Gasteiger partial charge in [0.1, 0.15) is 5.82 Å². The number of hydrogen-bond acceptors (Lipinski definition) is 2. The molecular formula is C20H14Cl2FNO2. The number of carbonyl (C=O) groups excluding carboxylic acids is 2. The fraction of sp³-hybridized carbons (Fsp3) is 0.100. The fourth-order valence-corrected chi connectivity index (χ4v) is 3.37. The van der Waals surface area contributed by atoms with Gasteiger partial charge in [-0.3, -0.25) is 9.59 Å². The predicted octanol–water partition coefficient (Wildman–Crippen LogP) is 5.23. The Labute approximate surface area is 159 Å². The van der Waals surface area contributed by atoms with Crippen LogP contribution in [0, 0.1) is 12.7 Å². The number of rotatable bonds is 5. The number of aromatic nitrogens is 1. The lowest BCUT2D eigenvalue weighted by molar-refractivity contribution is -0.126. The third-order valence-electron chi connectivity index (χ3n) is 4.06. The molecule has 3 aromatic rings. The highest BCUT2D eigenvalue weighted by atomic mass is 35.5. The molecule has 0 atom stereocenters. The van der Waals surface area contributed by atoms with Gasteiger partial charge in [0.05, 0.1) is 5.52 Å². The summed E-state index contributed by atoms with van der Waals surface area (Å²) >= 11 is 12.2. The van der Waals surface area contributed by atoms with Gasteiger partial charge in [0.25, 0.3) is 0 Å². The van der Waals surface area contributed by atoms with E-state index in [4.69, 9.17) is 23.2 Å². The molecule has 0 aliphatic heterocycles. The maximum atomic E-state index is 14.0. The Balaban J connectivity index is 2.15. The van der Waals surface area contributed by atoms with E-state index in [0.717, 1.165) is 28.1 Å². The van der Waals surface area contributed by atoms with E-state index in [2.05, 4.69) is 0 Å². The van der Waals surface area contributed by atoms with Crippen LogP contribution in [0.1, 0.15) is 16.7 Å². The van der Waals surface area contributed by atoms with Crippen LogP contribution < -0.4 is 0 Å². The summed E-state index contributed by atoms with van der Waals surface area (Å²) in [5.74, 6) is -1.10. The molecule has 0 saturated heterocycles. The van der Waals surface area contributed by atoms with E-state index >= 15 is 0 Å². The SMILES string of the molecule is Cc1cn(Cc2ccc(Cl)cc2Cl)c2c(C=CC(=O)C=O)cc(F)cc12. The summed E-state index contributed by atoms with van der Waals surface area (Å²) in [6.45, 7) is 2.33. The summed E-state index contributed by atoms with van der Waals surface area (Å²) in [5, 5.41) is 1.81. The van der Waals surface area contributed by atoms with Crippen LogP contribution in [0.4, 0.5) is 4.39 Å². The van der Waals surface area contributed by atoms with Gasteiger partial charge < -0.3 is 4.57 Å². The largest absolute Gasteiger partial charge is 0.342 e. The third-order valence-corrected chi connectivity index (χ3v) is 4.65. The van der Waals surface area contributed by atoms with E-state index in [1.165, 1.54) is 18.2 Å². The molecule has 1 aromatic heterocycles. The zero-order valence-electron chi connectivity index (χ0n) is 13.8. The van der Waals surface area contributed by atoms with Gasteiger partial charge in [0, 0.05) is 33.7 Å². The van der Waals surface area contributed by atoms with Gasteiger partial charge in [0.15, 0.2) is 6.29 Å². The second kappa shape index (κ2) is 7.44. The van der Waals surface area contributed by atoms with Crippen LogP contribution in [-0.2, 0) is 16.1 Å². The van der Waals surface area contributed by atoms with E-state index in [1.807, 2.05) is 23.8 Å². The second-order valence-electron chi connectivity index (χ2n) is 5.92. The van der Waals surface area contributed by atoms with Crippen molar-refractivity contribution in [3.63, 3.8) is 0 Å². The molecule has 1 heterocycles. The van der Waals surface area contributed by atoms with E-state index in [1.54, 1.807) is 12.1 Å². The average molecular weight is 390 g/mol. The molecule has 0 amide bonds. The Hall–Kier alpha value is -2.43. The molecule has 0 unspecified atom stereocenters. The van der Waals surface area contributed by atoms with Gasteiger partial charge in [-0.25, -0.2) is 4.39 Å². The normalized spacial score (nSPS) is 11.4. The maximum Gasteiger partial charge on any atom is 0.218 e. The minimum atomic E-state index is -0.682. The van der Waals surface area contributed by atoms with Crippen molar-refractivity contribution in [2.24, 2.45) is 0 Å². The summed E-state index contributed by atoms with van der Waals surface area (Å²) in [6.07, 6.45) is 4.68. The molecular weight excluding hydrogens is 376 g/mol. The van der Waals surface area contributed by atoms with Crippen molar-refractivity contribution < 1.29 is 14.0 Å². The summed E-state index contributed by atoms with van der Waals surface area (Å²) in [7, 11) is 0. The van der Waals surface area contributed by atoms with E-state index in [9.17, 15) is 14.0 Å². The monoisotopic (exact) mass is 389 g/mol. The minimum absolute atomic E-state index is 0.213. The van der Waals surface area contributed by atoms with Gasteiger partial charge >= 0.3 is 0 Å². The number of aryl methyl sites for hydroxylation is 1. The van der Waals surface area contributed by atoms with Crippen molar-refractivity contribution in [1.82, 2.24) is 4.57 Å². The van der Waals surface area contributed by atoms with E-state index in [0.29, 0.717) is 22.2 Å². The lowest BCUT2D eigenvalue weighted by atomic mass is 10.1. The van der Waals surface area contributed by atoms with Crippen molar-refractivity contribution in [2.75, 3.05) is 0 Å². The summed E-state index contributed by atoms with van der Waals surface area (Å²) in [5.41, 5.74) is 3.01. The minimum Gasteiger partial charge on any atom is -0.342 e. The highest BCUT2D eigenvalue weighted by Crippen LogP contribution is 2.29. The third kappa shape index (κ3) is 3.71. The number of hydrogen-bond donors (Lipinski definition) is 0. The van der Waals surface area contributed by atoms with Crippen LogP contribution in [-0.4, -0.2) is 16.6 Å². The highest BCUT2D eigenvalue weighted by Gasteiger charge is 2.13. The molecule has 0 aliphatic rings. The first-order chi connectivity index (χ1) is 12.4. The zero-order valence-corrected chi connectivity index (χ0v) is 15.3. The molecule has 2 aromatic carbocycles. The van der Waals surface area contributed by atoms with Crippen molar-refractivity contribution in [1.29, 1.82) is 0 Å². The molecule has 0 spiro atoms. The molecule has 0 bridgehead atoms.